The van der Waals surface area contributed by atoms with Crippen molar-refractivity contribution in [3.8, 4) is 6.07 Å². The average molecular weight is 246 g/mol. The van der Waals surface area contributed by atoms with Crippen molar-refractivity contribution in [2.45, 2.75) is 25.4 Å². The van der Waals surface area contributed by atoms with E-state index in [9.17, 15) is 5.11 Å². The highest BCUT2D eigenvalue weighted by atomic mass is 16.3. The van der Waals surface area contributed by atoms with Gasteiger partial charge >= 0.3 is 0 Å². The smallest absolute Gasteiger partial charge is 0.0991 e. The van der Waals surface area contributed by atoms with Crippen molar-refractivity contribution in [3.63, 3.8) is 0 Å². The second kappa shape index (κ2) is 4.97. The standard InChI is InChI=1S/C14H18N2O2/c1-11-8-12(9-15)2-3-13(11)16-6-4-14(18,10-17)5-7-16/h2-3,8,17-18H,4-7,10H2,1H3. The third-order valence-corrected chi connectivity index (χ3v) is 3.66. The molecule has 0 radical (unpaired) electrons. The summed E-state index contributed by atoms with van der Waals surface area (Å²) in [6.45, 7) is 3.27. The number of hydrogen-bond acceptors (Lipinski definition) is 4. The third kappa shape index (κ3) is 2.47. The topological polar surface area (TPSA) is 67.5 Å². The molecule has 1 fully saturated rings. The van der Waals surface area contributed by atoms with E-state index in [-0.39, 0.29) is 6.61 Å². The van der Waals surface area contributed by atoms with Gasteiger partial charge in [-0.25, -0.2) is 0 Å². The minimum absolute atomic E-state index is 0.173. The van der Waals surface area contributed by atoms with Gasteiger partial charge in [-0.15, -0.1) is 0 Å². The molecule has 0 aliphatic carbocycles. The number of piperidine rings is 1. The molecule has 1 aliphatic heterocycles. The van der Waals surface area contributed by atoms with Crippen LogP contribution in [0.5, 0.6) is 0 Å². The van der Waals surface area contributed by atoms with Crippen molar-refractivity contribution >= 4 is 5.69 Å². The van der Waals surface area contributed by atoms with Crippen molar-refractivity contribution in [1.82, 2.24) is 0 Å². The minimum atomic E-state index is -0.920. The van der Waals surface area contributed by atoms with Crippen LogP contribution in [-0.2, 0) is 0 Å². The Morgan fingerprint density at radius 1 is 1.39 bits per heavy atom. The van der Waals surface area contributed by atoms with Gasteiger partial charge in [0.05, 0.1) is 23.8 Å². The zero-order valence-electron chi connectivity index (χ0n) is 10.6. The van der Waals surface area contributed by atoms with Crippen LogP contribution in [0.15, 0.2) is 18.2 Å². The van der Waals surface area contributed by atoms with Crippen LogP contribution in [0.4, 0.5) is 5.69 Å². The maximum absolute atomic E-state index is 9.98. The predicted molar refractivity (Wildman–Crippen MR) is 69.4 cm³/mol. The van der Waals surface area contributed by atoms with Crippen LogP contribution < -0.4 is 4.90 Å². The highest BCUT2D eigenvalue weighted by Gasteiger charge is 2.31. The largest absolute Gasteiger partial charge is 0.393 e. The Morgan fingerprint density at radius 3 is 2.56 bits per heavy atom. The summed E-state index contributed by atoms with van der Waals surface area (Å²) in [5, 5.41) is 27.9. The summed E-state index contributed by atoms with van der Waals surface area (Å²) in [5.41, 5.74) is 1.93. The summed E-state index contributed by atoms with van der Waals surface area (Å²) in [6.07, 6.45) is 1.14. The van der Waals surface area contributed by atoms with Gasteiger partial charge in [0.15, 0.2) is 0 Å². The van der Waals surface area contributed by atoms with Gasteiger partial charge in [-0.3, -0.25) is 0 Å². The van der Waals surface area contributed by atoms with Gasteiger partial charge in [-0.05, 0) is 43.5 Å². The molecule has 1 aliphatic rings. The molecule has 1 aromatic carbocycles. The zero-order chi connectivity index (χ0) is 13.2. The van der Waals surface area contributed by atoms with E-state index in [0.29, 0.717) is 18.4 Å². The van der Waals surface area contributed by atoms with E-state index in [0.717, 1.165) is 24.3 Å². The van der Waals surface area contributed by atoms with Crippen molar-refractivity contribution in [2.24, 2.45) is 0 Å². The van der Waals surface area contributed by atoms with Gasteiger partial charge in [-0.2, -0.15) is 5.26 Å². The normalized spacial score (nSPS) is 18.4. The van der Waals surface area contributed by atoms with E-state index in [1.807, 2.05) is 25.1 Å². The van der Waals surface area contributed by atoms with Gasteiger partial charge in [-0.1, -0.05) is 0 Å². The predicted octanol–water partition coefficient (Wildman–Crippen LogP) is 1.19. The third-order valence-electron chi connectivity index (χ3n) is 3.66. The van der Waals surface area contributed by atoms with Crippen LogP contribution in [0.25, 0.3) is 0 Å². The molecule has 0 spiro atoms. The molecule has 0 atom stereocenters. The fourth-order valence-electron chi connectivity index (χ4n) is 2.40. The highest BCUT2D eigenvalue weighted by molar-refractivity contribution is 5.56. The number of aryl methyl sites for hydroxylation is 1. The molecule has 4 nitrogen and oxygen atoms in total. The number of hydrogen-bond donors (Lipinski definition) is 2. The number of aliphatic hydroxyl groups is 2. The average Bonchev–Trinajstić information content (AvgIpc) is 2.40. The Balaban J connectivity index is 2.13. The lowest BCUT2D eigenvalue weighted by molar-refractivity contribution is -0.0325. The number of rotatable bonds is 2. The first-order valence-corrected chi connectivity index (χ1v) is 6.17. The number of nitriles is 1. The quantitative estimate of drug-likeness (QED) is 0.822. The molecule has 1 saturated heterocycles. The van der Waals surface area contributed by atoms with Crippen molar-refractivity contribution in [2.75, 3.05) is 24.6 Å². The van der Waals surface area contributed by atoms with E-state index in [1.54, 1.807) is 0 Å². The van der Waals surface area contributed by atoms with Gasteiger partial charge in [0.1, 0.15) is 0 Å². The second-order valence-corrected chi connectivity index (χ2v) is 4.98. The van der Waals surface area contributed by atoms with E-state index in [1.165, 1.54) is 0 Å². The minimum Gasteiger partial charge on any atom is -0.393 e. The molecule has 0 aromatic heterocycles. The number of nitrogens with zero attached hydrogens (tertiary/aromatic N) is 2. The molecule has 0 amide bonds. The lowest BCUT2D eigenvalue weighted by Crippen LogP contribution is -2.46. The Kier molecular flexibility index (Phi) is 3.55. The molecule has 2 rings (SSSR count). The Labute approximate surface area is 107 Å². The molecule has 0 saturated carbocycles. The molecule has 18 heavy (non-hydrogen) atoms. The Hall–Kier alpha value is -1.57. The summed E-state index contributed by atoms with van der Waals surface area (Å²) >= 11 is 0. The van der Waals surface area contributed by atoms with E-state index >= 15 is 0 Å². The molecule has 1 heterocycles. The van der Waals surface area contributed by atoms with Crippen molar-refractivity contribution < 1.29 is 10.2 Å². The van der Waals surface area contributed by atoms with Crippen LogP contribution in [0.3, 0.4) is 0 Å². The fourth-order valence-corrected chi connectivity index (χ4v) is 2.40. The fraction of sp³-hybridized carbons (Fsp3) is 0.500. The van der Waals surface area contributed by atoms with Crippen LogP contribution in [0.1, 0.15) is 24.0 Å². The number of anilines is 1. The van der Waals surface area contributed by atoms with Crippen molar-refractivity contribution in [3.05, 3.63) is 29.3 Å². The zero-order valence-corrected chi connectivity index (χ0v) is 10.6. The first-order valence-electron chi connectivity index (χ1n) is 6.17. The summed E-state index contributed by atoms with van der Waals surface area (Å²) in [7, 11) is 0. The van der Waals surface area contributed by atoms with Crippen LogP contribution in [0, 0.1) is 18.3 Å². The highest BCUT2D eigenvalue weighted by Crippen LogP contribution is 2.28. The Morgan fingerprint density at radius 2 is 2.06 bits per heavy atom. The first-order chi connectivity index (χ1) is 8.58. The monoisotopic (exact) mass is 246 g/mol. The summed E-state index contributed by atoms with van der Waals surface area (Å²) < 4.78 is 0. The van der Waals surface area contributed by atoms with Gasteiger partial charge in [0, 0.05) is 18.8 Å². The molecule has 0 bridgehead atoms. The molecule has 1 aromatic rings. The lowest BCUT2D eigenvalue weighted by Gasteiger charge is -2.38. The van der Waals surface area contributed by atoms with Gasteiger partial charge in [0.25, 0.3) is 0 Å². The maximum atomic E-state index is 9.98. The summed E-state index contributed by atoms with van der Waals surface area (Å²) in [6, 6.07) is 7.78. The molecular formula is C14H18N2O2. The molecular weight excluding hydrogens is 228 g/mol. The molecule has 0 unspecified atom stereocenters. The van der Waals surface area contributed by atoms with Gasteiger partial charge < -0.3 is 15.1 Å². The van der Waals surface area contributed by atoms with Crippen molar-refractivity contribution in [1.29, 1.82) is 5.26 Å². The lowest BCUT2D eigenvalue weighted by atomic mass is 9.92. The van der Waals surface area contributed by atoms with E-state index in [4.69, 9.17) is 10.4 Å². The molecule has 96 valence electrons. The van der Waals surface area contributed by atoms with E-state index < -0.39 is 5.60 Å². The summed E-state index contributed by atoms with van der Waals surface area (Å²) in [5.74, 6) is 0. The van der Waals surface area contributed by atoms with Gasteiger partial charge in [0.2, 0.25) is 0 Å². The van der Waals surface area contributed by atoms with Crippen LogP contribution >= 0.6 is 0 Å². The van der Waals surface area contributed by atoms with Crippen LogP contribution in [-0.4, -0.2) is 35.5 Å². The molecule has 4 heteroatoms. The summed E-state index contributed by atoms with van der Waals surface area (Å²) in [4.78, 5) is 2.20. The maximum Gasteiger partial charge on any atom is 0.0991 e. The molecule has 2 N–H and O–H groups in total. The SMILES string of the molecule is Cc1cc(C#N)ccc1N1CCC(O)(CO)CC1. The second-order valence-electron chi connectivity index (χ2n) is 4.98. The first kappa shape index (κ1) is 12.9. The Bertz CT molecular complexity index is 471. The number of benzene rings is 1. The number of aliphatic hydroxyl groups excluding tert-OH is 1. The van der Waals surface area contributed by atoms with Crippen LogP contribution in [0.2, 0.25) is 0 Å². The van der Waals surface area contributed by atoms with E-state index in [2.05, 4.69) is 11.0 Å².